The predicted octanol–water partition coefficient (Wildman–Crippen LogP) is 4.32. The first kappa shape index (κ1) is 25.2. The van der Waals surface area contributed by atoms with E-state index in [1.807, 2.05) is 47.4 Å². The summed E-state index contributed by atoms with van der Waals surface area (Å²) in [4.78, 5) is 37.9. The van der Waals surface area contributed by atoms with E-state index in [-0.39, 0.29) is 17.5 Å². The van der Waals surface area contributed by atoms with Crippen molar-refractivity contribution in [1.29, 1.82) is 0 Å². The first-order valence-corrected chi connectivity index (χ1v) is 12.6. The summed E-state index contributed by atoms with van der Waals surface area (Å²) in [6, 6.07) is 18.3. The number of nitrogens with one attached hydrogen (secondary N) is 2. The largest absolute Gasteiger partial charge is 0.354 e. The van der Waals surface area contributed by atoms with Crippen molar-refractivity contribution in [3.63, 3.8) is 0 Å². The SMILES string of the molecule is CC(=O)N1CCc2cc(N/C(=C3\C(=O)Nc4ccc([N+](=O)[O-])cc43)c3ccc(CCCN)cc3)ccc2C1. The van der Waals surface area contributed by atoms with Gasteiger partial charge in [0.15, 0.2) is 0 Å². The highest BCUT2D eigenvalue weighted by atomic mass is 16.6. The zero-order chi connectivity index (χ0) is 26.8. The molecule has 0 spiro atoms. The van der Waals surface area contributed by atoms with Crippen LogP contribution in [0.5, 0.6) is 0 Å². The van der Waals surface area contributed by atoms with E-state index in [1.165, 1.54) is 12.1 Å². The number of hydrogen-bond acceptors (Lipinski definition) is 6. The molecule has 0 atom stereocenters. The van der Waals surface area contributed by atoms with Crippen LogP contribution >= 0.6 is 0 Å². The molecule has 0 bridgehead atoms. The van der Waals surface area contributed by atoms with Gasteiger partial charge in [-0.2, -0.15) is 0 Å². The Morgan fingerprint density at radius 1 is 1.11 bits per heavy atom. The highest BCUT2D eigenvalue weighted by Gasteiger charge is 2.30. The Morgan fingerprint density at radius 3 is 2.61 bits per heavy atom. The Labute approximate surface area is 220 Å². The van der Waals surface area contributed by atoms with Gasteiger partial charge in [-0.15, -0.1) is 0 Å². The van der Waals surface area contributed by atoms with Crippen molar-refractivity contribution in [3.05, 3.63) is 98.6 Å². The summed E-state index contributed by atoms with van der Waals surface area (Å²) in [5, 5.41) is 17.8. The third kappa shape index (κ3) is 5.01. The van der Waals surface area contributed by atoms with Crippen LogP contribution in [0.25, 0.3) is 11.3 Å². The van der Waals surface area contributed by atoms with Crippen LogP contribution in [-0.2, 0) is 29.0 Å². The number of carbonyl (C=O) groups is 2. The second kappa shape index (κ2) is 10.5. The van der Waals surface area contributed by atoms with Gasteiger partial charge in [0, 0.05) is 49.1 Å². The number of amides is 2. The van der Waals surface area contributed by atoms with Gasteiger partial charge in [-0.3, -0.25) is 19.7 Å². The van der Waals surface area contributed by atoms with Crippen LogP contribution in [0.4, 0.5) is 17.1 Å². The molecule has 3 aromatic carbocycles. The molecule has 0 saturated heterocycles. The Bertz CT molecular complexity index is 1460. The molecule has 0 unspecified atom stereocenters. The van der Waals surface area contributed by atoms with E-state index in [2.05, 4.69) is 10.6 Å². The number of carbonyl (C=O) groups excluding carboxylic acids is 2. The number of anilines is 2. The highest BCUT2D eigenvalue weighted by Crippen LogP contribution is 2.39. The first-order valence-electron chi connectivity index (χ1n) is 12.6. The van der Waals surface area contributed by atoms with Crippen LogP contribution in [0.1, 0.15) is 41.2 Å². The maximum Gasteiger partial charge on any atom is 0.270 e. The lowest BCUT2D eigenvalue weighted by atomic mass is 9.96. The number of nitrogens with zero attached hydrogens (tertiary/aromatic N) is 2. The molecule has 9 heteroatoms. The van der Waals surface area contributed by atoms with E-state index in [1.54, 1.807) is 13.0 Å². The number of hydrogen-bond donors (Lipinski definition) is 3. The Kier molecular flexibility index (Phi) is 6.93. The average molecular weight is 512 g/mol. The minimum Gasteiger partial charge on any atom is -0.354 e. The normalized spacial score (nSPS) is 15.4. The number of non-ortho nitro benzene ring substituents is 1. The fraction of sp³-hybridized carbons (Fsp3) is 0.241. The molecule has 2 aliphatic heterocycles. The van der Waals surface area contributed by atoms with Gasteiger partial charge in [-0.25, -0.2) is 0 Å². The van der Waals surface area contributed by atoms with Gasteiger partial charge in [0.1, 0.15) is 0 Å². The smallest absolute Gasteiger partial charge is 0.270 e. The van der Waals surface area contributed by atoms with E-state index in [0.717, 1.165) is 47.2 Å². The molecule has 194 valence electrons. The van der Waals surface area contributed by atoms with Crippen LogP contribution in [0, 0.1) is 10.1 Å². The quantitative estimate of drug-likeness (QED) is 0.246. The number of aryl methyl sites for hydroxylation is 1. The maximum absolute atomic E-state index is 13.2. The molecule has 0 aliphatic carbocycles. The van der Waals surface area contributed by atoms with Crippen molar-refractivity contribution in [3.8, 4) is 0 Å². The minimum atomic E-state index is -0.464. The fourth-order valence-corrected chi connectivity index (χ4v) is 4.98. The number of nitrogens with two attached hydrogens (primary N) is 1. The monoisotopic (exact) mass is 511 g/mol. The molecule has 0 radical (unpaired) electrons. The number of fused-ring (bicyclic) bond motifs is 2. The number of rotatable bonds is 7. The topological polar surface area (TPSA) is 131 Å². The number of nitro groups is 1. The van der Waals surface area contributed by atoms with E-state index >= 15 is 0 Å². The lowest BCUT2D eigenvalue weighted by molar-refractivity contribution is -0.384. The molecule has 9 nitrogen and oxygen atoms in total. The van der Waals surface area contributed by atoms with E-state index in [9.17, 15) is 19.7 Å². The minimum absolute atomic E-state index is 0.0554. The van der Waals surface area contributed by atoms with Gasteiger partial charge >= 0.3 is 0 Å². The van der Waals surface area contributed by atoms with Gasteiger partial charge in [-0.1, -0.05) is 30.3 Å². The maximum atomic E-state index is 13.2. The Hall–Kier alpha value is -4.50. The Balaban J connectivity index is 1.58. The lowest BCUT2D eigenvalue weighted by Gasteiger charge is -2.28. The van der Waals surface area contributed by atoms with Crippen molar-refractivity contribution < 1.29 is 14.5 Å². The molecule has 4 N–H and O–H groups in total. The summed E-state index contributed by atoms with van der Waals surface area (Å²) >= 11 is 0. The van der Waals surface area contributed by atoms with Crippen molar-refractivity contribution in [2.75, 3.05) is 23.7 Å². The summed E-state index contributed by atoms with van der Waals surface area (Å²) in [5.41, 5.74) is 12.4. The van der Waals surface area contributed by atoms with E-state index in [4.69, 9.17) is 5.73 Å². The molecular weight excluding hydrogens is 482 g/mol. The van der Waals surface area contributed by atoms with Crippen LogP contribution in [0.2, 0.25) is 0 Å². The van der Waals surface area contributed by atoms with Gasteiger partial charge in [0.05, 0.1) is 16.2 Å². The number of benzene rings is 3. The van der Waals surface area contributed by atoms with Crippen molar-refractivity contribution in [1.82, 2.24) is 4.90 Å². The van der Waals surface area contributed by atoms with Crippen LogP contribution in [0.3, 0.4) is 0 Å². The van der Waals surface area contributed by atoms with Crippen molar-refractivity contribution in [2.24, 2.45) is 5.73 Å². The third-order valence-electron chi connectivity index (χ3n) is 7.05. The lowest BCUT2D eigenvalue weighted by Crippen LogP contribution is -2.34. The van der Waals surface area contributed by atoms with E-state index < -0.39 is 4.92 Å². The van der Waals surface area contributed by atoms with Gasteiger partial charge in [0.25, 0.3) is 11.6 Å². The summed E-state index contributed by atoms with van der Waals surface area (Å²) in [6.07, 6.45) is 2.47. The zero-order valence-electron chi connectivity index (χ0n) is 21.1. The average Bonchev–Trinajstić information content (AvgIpc) is 3.25. The molecule has 0 saturated carbocycles. The van der Waals surface area contributed by atoms with Gasteiger partial charge < -0.3 is 21.3 Å². The van der Waals surface area contributed by atoms with Crippen molar-refractivity contribution >= 4 is 40.1 Å². The summed E-state index contributed by atoms with van der Waals surface area (Å²) in [5.74, 6) is -0.273. The standard InChI is InChI=1S/C29H29N5O4/c1-18(35)33-14-12-21-15-23(9-8-22(21)17-33)31-28(20-6-4-19(5-7-20)3-2-13-30)27-25-16-24(34(37)38)10-11-26(25)32-29(27)36/h4-11,15-16,31H,2-3,12-14,17,30H2,1H3,(H,32,36)/b28-27-. The summed E-state index contributed by atoms with van der Waals surface area (Å²) < 4.78 is 0. The molecule has 0 fully saturated rings. The van der Waals surface area contributed by atoms with Crippen LogP contribution < -0.4 is 16.4 Å². The van der Waals surface area contributed by atoms with E-state index in [0.29, 0.717) is 42.2 Å². The summed E-state index contributed by atoms with van der Waals surface area (Å²) in [7, 11) is 0. The molecule has 2 amide bonds. The highest BCUT2D eigenvalue weighted by molar-refractivity contribution is 6.37. The molecule has 2 heterocycles. The zero-order valence-corrected chi connectivity index (χ0v) is 21.1. The molecule has 0 aromatic heterocycles. The molecular formula is C29H29N5O4. The second-order valence-electron chi connectivity index (χ2n) is 9.58. The fourth-order valence-electron chi connectivity index (χ4n) is 4.98. The number of nitro benzene ring substituents is 1. The second-order valence-corrected chi connectivity index (χ2v) is 9.58. The van der Waals surface area contributed by atoms with Crippen LogP contribution in [-0.4, -0.2) is 34.7 Å². The predicted molar refractivity (Wildman–Crippen MR) is 147 cm³/mol. The van der Waals surface area contributed by atoms with Crippen molar-refractivity contribution in [2.45, 2.75) is 32.7 Å². The Morgan fingerprint density at radius 2 is 1.89 bits per heavy atom. The first-order chi connectivity index (χ1) is 18.3. The summed E-state index contributed by atoms with van der Waals surface area (Å²) in [6.45, 7) is 3.42. The molecule has 3 aromatic rings. The third-order valence-corrected chi connectivity index (χ3v) is 7.05. The molecule has 2 aliphatic rings. The van der Waals surface area contributed by atoms with Gasteiger partial charge in [-0.05, 0) is 66.3 Å². The molecule has 5 rings (SSSR count). The van der Waals surface area contributed by atoms with Gasteiger partial charge in [0.2, 0.25) is 5.91 Å². The van der Waals surface area contributed by atoms with Crippen LogP contribution in [0.15, 0.2) is 60.7 Å². The molecule has 38 heavy (non-hydrogen) atoms.